The molecule has 0 saturated heterocycles. The third kappa shape index (κ3) is 3.29. The second-order valence-electron chi connectivity index (χ2n) is 5.28. The predicted octanol–water partition coefficient (Wildman–Crippen LogP) is 2.70. The van der Waals surface area contributed by atoms with Crippen molar-refractivity contribution in [3.8, 4) is 11.8 Å². The van der Waals surface area contributed by atoms with Gasteiger partial charge in [-0.15, -0.1) is 0 Å². The highest BCUT2D eigenvalue weighted by Gasteiger charge is 2.21. The molecular formula is C18H12N2O4S. The van der Waals surface area contributed by atoms with Gasteiger partial charge < -0.3 is 10.4 Å². The summed E-state index contributed by atoms with van der Waals surface area (Å²) >= 11 is 0. The lowest BCUT2D eigenvalue weighted by molar-refractivity contribution is -0.112. The fourth-order valence-corrected chi connectivity index (χ4v) is 3.57. The molecule has 2 aromatic carbocycles. The molecule has 0 aromatic heterocycles. The monoisotopic (exact) mass is 352 g/mol. The van der Waals surface area contributed by atoms with Crippen LogP contribution in [0.25, 0.3) is 12.2 Å². The number of benzene rings is 2. The number of carbonyl (C=O) groups excluding carboxylic acids is 1. The van der Waals surface area contributed by atoms with Crippen molar-refractivity contribution in [3.05, 3.63) is 64.6 Å². The predicted molar refractivity (Wildman–Crippen MR) is 93.0 cm³/mol. The number of hydrogen-bond donors (Lipinski definition) is 2. The molecule has 0 bridgehead atoms. The molecule has 6 nitrogen and oxygen atoms in total. The van der Waals surface area contributed by atoms with Crippen molar-refractivity contribution in [1.29, 1.82) is 5.26 Å². The Kier molecular flexibility index (Phi) is 4.13. The molecule has 0 spiro atoms. The Morgan fingerprint density at radius 2 is 1.96 bits per heavy atom. The number of anilines is 1. The maximum absolute atomic E-state index is 12.3. The molecule has 25 heavy (non-hydrogen) atoms. The zero-order valence-electron chi connectivity index (χ0n) is 12.8. The van der Waals surface area contributed by atoms with E-state index in [0.717, 1.165) is 5.41 Å². The summed E-state index contributed by atoms with van der Waals surface area (Å²) in [4.78, 5) is 12.4. The van der Waals surface area contributed by atoms with Gasteiger partial charge in [0.1, 0.15) is 17.4 Å². The van der Waals surface area contributed by atoms with E-state index < -0.39 is 15.7 Å². The number of fused-ring (bicyclic) bond motifs is 1. The fraction of sp³-hybridized carbons (Fsp3) is 0. The van der Waals surface area contributed by atoms with Gasteiger partial charge in [0.15, 0.2) is 0 Å². The minimum atomic E-state index is -3.49. The molecule has 1 amide bonds. The van der Waals surface area contributed by atoms with Crippen molar-refractivity contribution in [1.82, 2.24) is 0 Å². The quantitative estimate of drug-likeness (QED) is 0.652. The largest absolute Gasteiger partial charge is 0.507 e. The van der Waals surface area contributed by atoms with Crippen molar-refractivity contribution in [2.24, 2.45) is 0 Å². The Hall–Kier alpha value is -3.37. The summed E-state index contributed by atoms with van der Waals surface area (Å²) < 4.78 is 23.7. The molecule has 2 N–H and O–H groups in total. The third-order valence-corrected chi connectivity index (χ3v) is 5.07. The van der Waals surface area contributed by atoms with Crippen molar-refractivity contribution >= 4 is 33.6 Å². The molecule has 0 aliphatic carbocycles. The number of phenolic OH excluding ortho intramolecular Hbond substituents is 1. The molecule has 2 aromatic rings. The summed E-state index contributed by atoms with van der Waals surface area (Å²) in [6.07, 6.45) is 2.74. The van der Waals surface area contributed by atoms with Crippen LogP contribution in [0.2, 0.25) is 0 Å². The lowest BCUT2D eigenvalue weighted by Crippen LogP contribution is -2.13. The average Bonchev–Trinajstić information content (AvgIpc) is 2.89. The number of amides is 1. The summed E-state index contributed by atoms with van der Waals surface area (Å²) in [5.41, 5.74) is 0.913. The van der Waals surface area contributed by atoms with Gasteiger partial charge in [0.2, 0.25) is 9.84 Å². The van der Waals surface area contributed by atoms with Crippen LogP contribution in [-0.4, -0.2) is 19.4 Å². The first kappa shape index (κ1) is 16.5. The number of sulfone groups is 1. The second-order valence-corrected chi connectivity index (χ2v) is 7.09. The summed E-state index contributed by atoms with van der Waals surface area (Å²) in [5.74, 6) is -0.758. The van der Waals surface area contributed by atoms with Gasteiger partial charge in [0, 0.05) is 16.7 Å². The summed E-state index contributed by atoms with van der Waals surface area (Å²) in [6.45, 7) is 0. The van der Waals surface area contributed by atoms with Gasteiger partial charge in [0.25, 0.3) is 5.91 Å². The maximum Gasteiger partial charge on any atom is 0.266 e. The molecule has 0 unspecified atom stereocenters. The van der Waals surface area contributed by atoms with Crippen molar-refractivity contribution in [3.63, 3.8) is 0 Å². The van der Waals surface area contributed by atoms with Gasteiger partial charge >= 0.3 is 0 Å². The van der Waals surface area contributed by atoms with E-state index in [-0.39, 0.29) is 21.9 Å². The number of phenols is 1. The number of hydrogen-bond acceptors (Lipinski definition) is 5. The highest BCUT2D eigenvalue weighted by atomic mass is 32.2. The Balaban J connectivity index is 1.88. The van der Waals surface area contributed by atoms with Gasteiger partial charge in [-0.25, -0.2) is 8.42 Å². The van der Waals surface area contributed by atoms with Crippen molar-refractivity contribution < 1.29 is 18.3 Å². The lowest BCUT2D eigenvalue weighted by Gasteiger charge is -2.07. The van der Waals surface area contributed by atoms with Crippen LogP contribution >= 0.6 is 0 Å². The van der Waals surface area contributed by atoms with Crippen LogP contribution in [0.5, 0.6) is 5.75 Å². The lowest BCUT2D eigenvalue weighted by atomic mass is 10.1. The van der Waals surface area contributed by atoms with Crippen LogP contribution in [0, 0.1) is 11.3 Å². The second kappa shape index (κ2) is 6.26. The average molecular weight is 352 g/mol. The van der Waals surface area contributed by atoms with E-state index in [2.05, 4.69) is 5.32 Å². The summed E-state index contributed by atoms with van der Waals surface area (Å²) in [7, 11) is -3.49. The fourth-order valence-electron chi connectivity index (χ4n) is 2.34. The number of nitriles is 1. The van der Waals surface area contributed by atoms with Gasteiger partial charge in [-0.2, -0.15) is 5.26 Å². The van der Waals surface area contributed by atoms with E-state index in [1.807, 2.05) is 0 Å². The summed E-state index contributed by atoms with van der Waals surface area (Å²) in [6, 6.07) is 12.5. The third-order valence-electron chi connectivity index (χ3n) is 3.61. The molecule has 0 radical (unpaired) electrons. The van der Waals surface area contributed by atoms with Crippen LogP contribution in [-0.2, 0) is 14.6 Å². The van der Waals surface area contributed by atoms with Crippen LogP contribution in [0.3, 0.4) is 0 Å². The topological polar surface area (TPSA) is 107 Å². The standard InChI is InChI=1S/C18H12N2O4S/c19-11-14(9-13-3-1-2-4-16(13)21)18(22)20-15-6-5-12-7-8-25(23,24)17(12)10-15/h1-10,21H,(H,20,22)/b14-9+. The Morgan fingerprint density at radius 1 is 1.20 bits per heavy atom. The van der Waals surface area contributed by atoms with Crippen molar-refractivity contribution in [2.75, 3.05) is 5.32 Å². The van der Waals surface area contributed by atoms with Crippen LogP contribution in [0.1, 0.15) is 11.1 Å². The number of nitrogens with one attached hydrogen (secondary N) is 1. The number of para-hydroxylation sites is 1. The SMILES string of the molecule is N#C/C(=C\c1ccccc1O)C(=O)Nc1ccc2c(c1)S(=O)(=O)C=C2. The van der Waals surface area contributed by atoms with E-state index in [1.54, 1.807) is 36.4 Å². The molecule has 0 saturated carbocycles. The minimum Gasteiger partial charge on any atom is -0.507 e. The van der Waals surface area contributed by atoms with E-state index >= 15 is 0 Å². The number of carbonyl (C=O) groups is 1. The Bertz CT molecular complexity index is 1080. The zero-order chi connectivity index (χ0) is 18.0. The Morgan fingerprint density at radius 3 is 2.68 bits per heavy atom. The van der Waals surface area contributed by atoms with Gasteiger partial charge in [0.05, 0.1) is 4.90 Å². The number of nitrogens with zero attached hydrogens (tertiary/aromatic N) is 1. The number of aromatic hydroxyl groups is 1. The maximum atomic E-state index is 12.3. The highest BCUT2D eigenvalue weighted by molar-refractivity contribution is 7.94. The first-order valence-electron chi connectivity index (χ1n) is 7.19. The number of rotatable bonds is 3. The molecule has 1 aliphatic heterocycles. The van der Waals surface area contributed by atoms with Crippen molar-refractivity contribution in [2.45, 2.75) is 4.90 Å². The van der Waals surface area contributed by atoms with E-state index in [0.29, 0.717) is 11.1 Å². The summed E-state index contributed by atoms with van der Waals surface area (Å²) in [5, 5.41) is 22.5. The molecule has 7 heteroatoms. The zero-order valence-corrected chi connectivity index (χ0v) is 13.6. The molecule has 1 aliphatic rings. The highest BCUT2D eigenvalue weighted by Crippen LogP contribution is 2.29. The van der Waals surface area contributed by atoms with E-state index in [4.69, 9.17) is 0 Å². The van der Waals surface area contributed by atoms with E-state index in [1.165, 1.54) is 24.3 Å². The van der Waals surface area contributed by atoms with Crippen LogP contribution < -0.4 is 5.32 Å². The van der Waals surface area contributed by atoms with E-state index in [9.17, 15) is 23.6 Å². The molecule has 0 atom stereocenters. The van der Waals surface area contributed by atoms with Crippen LogP contribution in [0.4, 0.5) is 5.69 Å². The molecule has 0 fully saturated rings. The first-order chi connectivity index (χ1) is 11.9. The smallest absolute Gasteiger partial charge is 0.266 e. The molecule has 3 rings (SSSR count). The minimum absolute atomic E-state index is 0.0576. The van der Waals surface area contributed by atoms with Gasteiger partial charge in [-0.3, -0.25) is 4.79 Å². The first-order valence-corrected chi connectivity index (χ1v) is 8.74. The van der Waals surface area contributed by atoms with Gasteiger partial charge in [-0.1, -0.05) is 24.3 Å². The Labute approximate surface area is 144 Å². The normalized spacial score (nSPS) is 14.6. The van der Waals surface area contributed by atoms with Crippen LogP contribution in [0.15, 0.2) is 58.3 Å². The molecule has 1 heterocycles. The van der Waals surface area contributed by atoms with Gasteiger partial charge in [-0.05, 0) is 35.9 Å². The molecular weight excluding hydrogens is 340 g/mol. The molecule has 124 valence electrons.